The molecule has 0 saturated carbocycles. The minimum atomic E-state index is 0.0827. The van der Waals surface area contributed by atoms with Crippen molar-refractivity contribution in [3.05, 3.63) is 78.0 Å². The number of amides is 1. The van der Waals surface area contributed by atoms with Crippen molar-refractivity contribution in [2.24, 2.45) is 0 Å². The van der Waals surface area contributed by atoms with Crippen LogP contribution >= 0.6 is 0 Å². The van der Waals surface area contributed by atoms with E-state index < -0.39 is 0 Å². The van der Waals surface area contributed by atoms with Gasteiger partial charge in [0.1, 0.15) is 0 Å². The summed E-state index contributed by atoms with van der Waals surface area (Å²) in [5.41, 5.74) is 3.51. The van der Waals surface area contributed by atoms with Crippen LogP contribution in [0.2, 0.25) is 0 Å². The number of H-pyrrole nitrogens is 1. The van der Waals surface area contributed by atoms with Crippen LogP contribution in [0.3, 0.4) is 0 Å². The third-order valence-corrected chi connectivity index (χ3v) is 4.93. The molecule has 0 aliphatic carbocycles. The van der Waals surface area contributed by atoms with Gasteiger partial charge >= 0.3 is 0 Å². The highest BCUT2D eigenvalue weighted by Gasteiger charge is 2.22. The van der Waals surface area contributed by atoms with Crippen molar-refractivity contribution in [3.63, 3.8) is 0 Å². The van der Waals surface area contributed by atoms with Gasteiger partial charge in [-0.25, -0.2) is 0 Å². The van der Waals surface area contributed by atoms with E-state index in [1.165, 1.54) is 10.9 Å². The fourth-order valence-electron chi connectivity index (χ4n) is 3.57. The van der Waals surface area contributed by atoms with Gasteiger partial charge in [0.05, 0.1) is 0 Å². The summed E-state index contributed by atoms with van der Waals surface area (Å²) in [7, 11) is 0. The van der Waals surface area contributed by atoms with E-state index in [1.54, 1.807) is 6.08 Å². The van der Waals surface area contributed by atoms with Crippen molar-refractivity contribution in [3.8, 4) is 0 Å². The van der Waals surface area contributed by atoms with Crippen molar-refractivity contribution >= 4 is 22.9 Å². The van der Waals surface area contributed by atoms with Gasteiger partial charge < -0.3 is 15.2 Å². The van der Waals surface area contributed by atoms with E-state index in [-0.39, 0.29) is 11.9 Å². The first-order valence-electron chi connectivity index (χ1n) is 9.10. The Labute approximate surface area is 153 Å². The van der Waals surface area contributed by atoms with Crippen LogP contribution in [0.4, 0.5) is 0 Å². The molecule has 2 heterocycles. The molecule has 0 spiro atoms. The molecule has 0 bridgehead atoms. The number of nitrogens with one attached hydrogen (secondary N) is 2. The summed E-state index contributed by atoms with van der Waals surface area (Å²) in [6.07, 6.45) is 6.57. The molecule has 2 aromatic carbocycles. The molecule has 1 amide bonds. The number of carbonyl (C=O) groups excluding carboxylic acids is 1. The van der Waals surface area contributed by atoms with E-state index >= 15 is 0 Å². The zero-order chi connectivity index (χ0) is 17.8. The van der Waals surface area contributed by atoms with Crippen molar-refractivity contribution < 1.29 is 4.79 Å². The summed E-state index contributed by atoms with van der Waals surface area (Å²) in [5, 5.41) is 4.81. The lowest BCUT2D eigenvalue weighted by molar-refractivity contribution is -0.127. The number of hydrogen-bond acceptors (Lipinski definition) is 2. The molecular formula is C22H23N3O. The molecule has 4 nitrogen and oxygen atoms in total. The second-order valence-corrected chi connectivity index (χ2v) is 6.74. The number of para-hydroxylation sites is 1. The summed E-state index contributed by atoms with van der Waals surface area (Å²) in [6, 6.07) is 18.6. The van der Waals surface area contributed by atoms with E-state index in [4.69, 9.17) is 0 Å². The minimum absolute atomic E-state index is 0.0827. The molecular weight excluding hydrogens is 322 g/mol. The molecule has 26 heavy (non-hydrogen) atoms. The maximum absolute atomic E-state index is 12.5. The van der Waals surface area contributed by atoms with Crippen LogP contribution in [-0.2, 0) is 11.2 Å². The van der Waals surface area contributed by atoms with E-state index in [9.17, 15) is 4.79 Å². The molecule has 132 valence electrons. The van der Waals surface area contributed by atoms with Gasteiger partial charge in [0.25, 0.3) is 0 Å². The largest absolute Gasteiger partial charge is 0.361 e. The molecule has 4 rings (SSSR count). The number of carbonyl (C=O) groups is 1. The molecule has 1 atom stereocenters. The molecule has 2 N–H and O–H groups in total. The molecule has 3 aromatic rings. The maximum Gasteiger partial charge on any atom is 0.246 e. The van der Waals surface area contributed by atoms with Gasteiger partial charge in [-0.15, -0.1) is 0 Å². The second kappa shape index (κ2) is 7.58. The number of hydrogen-bond donors (Lipinski definition) is 2. The van der Waals surface area contributed by atoms with E-state index in [0.29, 0.717) is 0 Å². The van der Waals surface area contributed by atoms with Crippen molar-refractivity contribution in [1.82, 2.24) is 15.2 Å². The quantitative estimate of drug-likeness (QED) is 0.713. The Bertz CT molecular complexity index is 913. The van der Waals surface area contributed by atoms with Crippen LogP contribution < -0.4 is 5.32 Å². The SMILES string of the molecule is O=C(/C=C/c1ccccc1)N1CCN[C@H](Cc2c[nH]c3ccccc23)C1. The summed E-state index contributed by atoms with van der Waals surface area (Å²) in [5.74, 6) is 0.0827. The summed E-state index contributed by atoms with van der Waals surface area (Å²) >= 11 is 0. The van der Waals surface area contributed by atoms with E-state index in [1.807, 2.05) is 47.4 Å². The Kier molecular flexibility index (Phi) is 4.84. The number of benzene rings is 2. The van der Waals surface area contributed by atoms with Gasteiger partial charge in [0, 0.05) is 48.9 Å². The predicted octanol–water partition coefficient (Wildman–Crippen LogP) is 3.22. The van der Waals surface area contributed by atoms with Gasteiger partial charge in [-0.2, -0.15) is 0 Å². The monoisotopic (exact) mass is 345 g/mol. The Morgan fingerprint density at radius 3 is 2.81 bits per heavy atom. The molecule has 1 fully saturated rings. The van der Waals surface area contributed by atoms with Gasteiger partial charge in [0.2, 0.25) is 5.91 Å². The first kappa shape index (κ1) is 16.6. The lowest BCUT2D eigenvalue weighted by atomic mass is 10.0. The third-order valence-electron chi connectivity index (χ3n) is 4.93. The highest BCUT2D eigenvalue weighted by atomic mass is 16.2. The Morgan fingerprint density at radius 2 is 1.92 bits per heavy atom. The van der Waals surface area contributed by atoms with Crippen LogP contribution in [0.25, 0.3) is 17.0 Å². The van der Waals surface area contributed by atoms with Crippen LogP contribution in [0.1, 0.15) is 11.1 Å². The molecule has 4 heteroatoms. The molecule has 0 radical (unpaired) electrons. The summed E-state index contributed by atoms with van der Waals surface area (Å²) in [4.78, 5) is 17.8. The van der Waals surface area contributed by atoms with Crippen LogP contribution in [0, 0.1) is 0 Å². The molecule has 1 aliphatic heterocycles. The summed E-state index contributed by atoms with van der Waals surface area (Å²) < 4.78 is 0. The molecule has 1 saturated heterocycles. The summed E-state index contributed by atoms with van der Waals surface area (Å²) in [6.45, 7) is 2.32. The number of nitrogens with zero attached hydrogens (tertiary/aromatic N) is 1. The number of rotatable bonds is 4. The van der Waals surface area contributed by atoms with Crippen LogP contribution in [0.5, 0.6) is 0 Å². The Balaban J connectivity index is 1.41. The third kappa shape index (κ3) is 3.70. The van der Waals surface area contributed by atoms with Gasteiger partial charge in [-0.3, -0.25) is 4.79 Å². The van der Waals surface area contributed by atoms with Crippen LogP contribution in [0.15, 0.2) is 66.9 Å². The van der Waals surface area contributed by atoms with Gasteiger partial charge in [-0.05, 0) is 29.7 Å². The lowest BCUT2D eigenvalue weighted by Crippen LogP contribution is -2.53. The average Bonchev–Trinajstić information content (AvgIpc) is 3.10. The molecule has 1 aliphatic rings. The van der Waals surface area contributed by atoms with E-state index in [0.717, 1.165) is 37.1 Å². The normalized spacial score (nSPS) is 17.8. The van der Waals surface area contributed by atoms with Crippen molar-refractivity contribution in [1.29, 1.82) is 0 Å². The smallest absolute Gasteiger partial charge is 0.246 e. The Hall–Kier alpha value is -2.85. The molecule has 1 aromatic heterocycles. The average molecular weight is 345 g/mol. The fraction of sp³-hybridized carbons (Fsp3) is 0.227. The van der Waals surface area contributed by atoms with Gasteiger partial charge in [0.15, 0.2) is 0 Å². The molecule has 0 unspecified atom stereocenters. The predicted molar refractivity (Wildman–Crippen MR) is 106 cm³/mol. The van der Waals surface area contributed by atoms with Crippen molar-refractivity contribution in [2.45, 2.75) is 12.5 Å². The minimum Gasteiger partial charge on any atom is -0.361 e. The Morgan fingerprint density at radius 1 is 1.12 bits per heavy atom. The second-order valence-electron chi connectivity index (χ2n) is 6.74. The maximum atomic E-state index is 12.5. The number of aromatic nitrogens is 1. The topological polar surface area (TPSA) is 48.1 Å². The van der Waals surface area contributed by atoms with E-state index in [2.05, 4.69) is 34.7 Å². The zero-order valence-corrected chi connectivity index (χ0v) is 14.7. The highest BCUT2D eigenvalue weighted by Crippen LogP contribution is 2.20. The first-order chi connectivity index (χ1) is 12.8. The zero-order valence-electron chi connectivity index (χ0n) is 14.7. The van der Waals surface area contributed by atoms with Crippen LogP contribution in [-0.4, -0.2) is 41.5 Å². The number of fused-ring (bicyclic) bond motifs is 1. The first-order valence-corrected chi connectivity index (χ1v) is 9.10. The lowest BCUT2D eigenvalue weighted by Gasteiger charge is -2.33. The van der Waals surface area contributed by atoms with Gasteiger partial charge in [-0.1, -0.05) is 48.5 Å². The fourth-order valence-corrected chi connectivity index (χ4v) is 3.57. The number of piperazine rings is 1. The standard InChI is InChI=1S/C22H23N3O/c26-22(11-10-17-6-2-1-3-7-17)25-13-12-23-19(16-25)14-18-15-24-21-9-5-4-8-20(18)21/h1-11,15,19,23-24H,12-14,16H2/b11-10+/t19-/m1/s1. The highest BCUT2D eigenvalue weighted by molar-refractivity contribution is 5.92. The van der Waals surface area contributed by atoms with Crippen molar-refractivity contribution in [2.75, 3.05) is 19.6 Å². The number of aromatic amines is 1.